The monoisotopic (exact) mass is 415 g/mol. The van der Waals surface area contributed by atoms with Crippen LogP contribution in [-0.2, 0) is 9.59 Å². The fourth-order valence-corrected chi connectivity index (χ4v) is 2.50. The van der Waals surface area contributed by atoms with Gasteiger partial charge in [-0.05, 0) is 43.0 Å². The van der Waals surface area contributed by atoms with Crippen molar-refractivity contribution in [3.05, 3.63) is 64.2 Å². The van der Waals surface area contributed by atoms with Gasteiger partial charge in [0.2, 0.25) is 0 Å². The maximum Gasteiger partial charge on any atom is 0.310 e. The zero-order valence-corrected chi connectivity index (χ0v) is 17.1. The van der Waals surface area contributed by atoms with Crippen LogP contribution in [0.4, 0.5) is 5.69 Å². The molecule has 160 valence electrons. The molecular weight excluding hydrogens is 390 g/mol. The van der Waals surface area contributed by atoms with E-state index < -0.39 is 22.8 Å². The maximum absolute atomic E-state index is 12.1. The molecule has 0 aliphatic carbocycles. The fraction of sp³-hybridized carbons (Fsp3) is 0.333. The number of carbonyl (C=O) groups is 2. The smallest absolute Gasteiger partial charge is 0.310 e. The molecule has 0 aromatic heterocycles. The van der Waals surface area contributed by atoms with E-state index in [2.05, 4.69) is 24.7 Å². The Balaban J connectivity index is 1.79. The van der Waals surface area contributed by atoms with E-state index in [1.54, 1.807) is 18.2 Å². The molecule has 0 heterocycles. The van der Waals surface area contributed by atoms with Gasteiger partial charge in [-0.1, -0.05) is 38.1 Å². The lowest BCUT2D eigenvalue weighted by Crippen LogP contribution is -2.48. The summed E-state index contributed by atoms with van der Waals surface area (Å²) in [7, 11) is 0. The molecule has 0 spiro atoms. The summed E-state index contributed by atoms with van der Waals surface area (Å²) in [6.45, 7) is 5.36. The predicted molar refractivity (Wildman–Crippen MR) is 110 cm³/mol. The standard InChI is InChI=1S/C21H25N3O6/c1-4-14(2)16-9-11-17(12-10-16)29-13-20(25)22-23-21(26)15(3)30-19-8-6-5-7-18(19)24(27)28/h5-12,14-15H,4,13H2,1-3H3,(H,22,25)(H,23,26)/t14-,15-/m0/s1. The van der Waals surface area contributed by atoms with Gasteiger partial charge in [-0.2, -0.15) is 0 Å². The third-order valence-corrected chi connectivity index (χ3v) is 4.49. The van der Waals surface area contributed by atoms with Gasteiger partial charge in [-0.15, -0.1) is 0 Å². The van der Waals surface area contributed by atoms with Crippen molar-refractivity contribution >= 4 is 17.5 Å². The Hall–Kier alpha value is -3.62. The van der Waals surface area contributed by atoms with Crippen molar-refractivity contribution in [1.29, 1.82) is 0 Å². The maximum atomic E-state index is 12.1. The van der Waals surface area contributed by atoms with Crippen LogP contribution >= 0.6 is 0 Å². The molecular formula is C21H25N3O6. The molecule has 2 aromatic rings. The lowest BCUT2D eigenvalue weighted by atomic mass is 9.99. The van der Waals surface area contributed by atoms with E-state index >= 15 is 0 Å². The summed E-state index contributed by atoms with van der Waals surface area (Å²) in [6.07, 6.45) is -0.0392. The first kappa shape index (κ1) is 22.7. The SMILES string of the molecule is CC[C@H](C)c1ccc(OCC(=O)NNC(=O)[C@H](C)Oc2ccccc2[N+](=O)[O-])cc1. The molecule has 2 rings (SSSR count). The number of benzene rings is 2. The molecule has 0 aliphatic rings. The Kier molecular flexibility index (Phi) is 8.16. The molecule has 0 aliphatic heterocycles. The van der Waals surface area contributed by atoms with Gasteiger partial charge >= 0.3 is 5.69 Å². The van der Waals surface area contributed by atoms with Gasteiger partial charge in [0.25, 0.3) is 11.8 Å². The number of rotatable bonds is 9. The number of nitrogens with zero attached hydrogens (tertiary/aromatic N) is 1. The van der Waals surface area contributed by atoms with E-state index in [9.17, 15) is 19.7 Å². The molecule has 0 radical (unpaired) electrons. The van der Waals surface area contributed by atoms with Crippen LogP contribution in [-0.4, -0.2) is 29.4 Å². The second-order valence-electron chi connectivity index (χ2n) is 6.69. The van der Waals surface area contributed by atoms with E-state index in [1.165, 1.54) is 30.7 Å². The number of nitrogens with one attached hydrogen (secondary N) is 2. The van der Waals surface area contributed by atoms with E-state index in [0.717, 1.165) is 6.42 Å². The third kappa shape index (κ3) is 6.47. The number of hydrazine groups is 1. The van der Waals surface area contributed by atoms with E-state index in [1.807, 2.05) is 12.1 Å². The van der Waals surface area contributed by atoms with Crippen LogP contribution < -0.4 is 20.3 Å². The highest BCUT2D eigenvalue weighted by Crippen LogP contribution is 2.26. The molecule has 2 aromatic carbocycles. The molecule has 0 unspecified atom stereocenters. The zero-order valence-electron chi connectivity index (χ0n) is 17.1. The van der Waals surface area contributed by atoms with Crippen molar-refractivity contribution in [2.45, 2.75) is 39.2 Å². The minimum absolute atomic E-state index is 0.0411. The molecule has 0 bridgehead atoms. The topological polar surface area (TPSA) is 120 Å². The number of nitro benzene ring substituents is 1. The predicted octanol–water partition coefficient (Wildman–Crippen LogP) is 3.10. The van der Waals surface area contributed by atoms with Gasteiger partial charge in [0.05, 0.1) is 4.92 Å². The van der Waals surface area contributed by atoms with Crippen molar-refractivity contribution in [1.82, 2.24) is 10.9 Å². The van der Waals surface area contributed by atoms with Gasteiger partial charge in [0, 0.05) is 6.07 Å². The second kappa shape index (κ2) is 10.8. The van der Waals surface area contributed by atoms with Crippen molar-refractivity contribution in [3.63, 3.8) is 0 Å². The number of amides is 2. The molecule has 0 saturated carbocycles. The van der Waals surface area contributed by atoms with Crippen molar-refractivity contribution in [2.24, 2.45) is 0 Å². The Morgan fingerprint density at radius 1 is 1.07 bits per heavy atom. The minimum atomic E-state index is -1.07. The van der Waals surface area contributed by atoms with Crippen LogP contribution in [0.5, 0.6) is 11.5 Å². The summed E-state index contributed by atoms with van der Waals surface area (Å²) in [6, 6.07) is 13.2. The second-order valence-corrected chi connectivity index (χ2v) is 6.69. The summed E-state index contributed by atoms with van der Waals surface area (Å²) >= 11 is 0. The third-order valence-electron chi connectivity index (χ3n) is 4.49. The van der Waals surface area contributed by atoms with E-state index in [0.29, 0.717) is 11.7 Å². The summed E-state index contributed by atoms with van der Waals surface area (Å²) < 4.78 is 10.7. The van der Waals surface area contributed by atoms with Crippen molar-refractivity contribution in [3.8, 4) is 11.5 Å². The molecule has 9 heteroatoms. The number of para-hydroxylation sites is 2. The van der Waals surface area contributed by atoms with Crippen LogP contribution in [0.25, 0.3) is 0 Å². The lowest BCUT2D eigenvalue weighted by Gasteiger charge is -2.15. The Morgan fingerprint density at radius 3 is 2.37 bits per heavy atom. The summed E-state index contributed by atoms with van der Waals surface area (Å²) in [5, 5.41) is 11.0. The fourth-order valence-electron chi connectivity index (χ4n) is 2.50. The highest BCUT2D eigenvalue weighted by molar-refractivity contribution is 5.85. The molecule has 2 amide bonds. The van der Waals surface area contributed by atoms with E-state index in [-0.39, 0.29) is 18.0 Å². The summed E-state index contributed by atoms with van der Waals surface area (Å²) in [5.74, 6) is -0.289. The van der Waals surface area contributed by atoms with Crippen LogP contribution in [0.3, 0.4) is 0 Å². The zero-order chi connectivity index (χ0) is 22.1. The van der Waals surface area contributed by atoms with Gasteiger partial charge in [-0.25, -0.2) is 0 Å². The number of hydrogen-bond donors (Lipinski definition) is 2. The first-order valence-corrected chi connectivity index (χ1v) is 9.53. The lowest BCUT2D eigenvalue weighted by molar-refractivity contribution is -0.386. The van der Waals surface area contributed by atoms with Gasteiger partial charge < -0.3 is 9.47 Å². The van der Waals surface area contributed by atoms with Crippen molar-refractivity contribution < 1.29 is 24.0 Å². The van der Waals surface area contributed by atoms with Crippen LogP contribution in [0.2, 0.25) is 0 Å². The minimum Gasteiger partial charge on any atom is -0.484 e. The number of carbonyl (C=O) groups excluding carboxylic acids is 2. The molecule has 9 nitrogen and oxygen atoms in total. The molecule has 0 fully saturated rings. The van der Waals surface area contributed by atoms with Gasteiger partial charge in [-0.3, -0.25) is 30.6 Å². The molecule has 2 N–H and O–H groups in total. The first-order chi connectivity index (χ1) is 14.3. The summed E-state index contributed by atoms with van der Waals surface area (Å²) in [4.78, 5) is 34.4. The molecule has 30 heavy (non-hydrogen) atoms. The van der Waals surface area contributed by atoms with Crippen LogP contribution in [0.1, 0.15) is 38.7 Å². The van der Waals surface area contributed by atoms with Crippen molar-refractivity contribution in [2.75, 3.05) is 6.61 Å². The number of ether oxygens (including phenoxy) is 2. The number of hydrogen-bond acceptors (Lipinski definition) is 6. The van der Waals surface area contributed by atoms with Crippen LogP contribution in [0, 0.1) is 10.1 Å². The largest absolute Gasteiger partial charge is 0.484 e. The normalized spacial score (nSPS) is 12.4. The average Bonchev–Trinajstić information content (AvgIpc) is 2.75. The van der Waals surface area contributed by atoms with E-state index in [4.69, 9.17) is 9.47 Å². The quantitative estimate of drug-likeness (QED) is 0.480. The van der Waals surface area contributed by atoms with Gasteiger partial charge in [0.15, 0.2) is 18.5 Å². The first-order valence-electron chi connectivity index (χ1n) is 9.53. The number of nitro groups is 1. The Morgan fingerprint density at radius 2 is 1.73 bits per heavy atom. The Bertz CT molecular complexity index is 885. The highest BCUT2D eigenvalue weighted by atomic mass is 16.6. The average molecular weight is 415 g/mol. The highest BCUT2D eigenvalue weighted by Gasteiger charge is 2.21. The van der Waals surface area contributed by atoms with Gasteiger partial charge in [0.1, 0.15) is 5.75 Å². The van der Waals surface area contributed by atoms with Crippen LogP contribution in [0.15, 0.2) is 48.5 Å². The molecule has 0 saturated heterocycles. The molecule has 2 atom stereocenters. The Labute approximate surface area is 174 Å². The summed E-state index contributed by atoms with van der Waals surface area (Å²) in [5.41, 5.74) is 5.36.